The van der Waals surface area contributed by atoms with Crippen molar-refractivity contribution in [1.82, 2.24) is 0 Å². The average molecular weight is 164 g/mol. The third-order valence-corrected chi connectivity index (χ3v) is 2.52. The molecule has 0 bridgehead atoms. The van der Waals surface area contributed by atoms with Crippen molar-refractivity contribution in [3.63, 3.8) is 0 Å². The minimum Gasteiger partial charge on any atom is -0.0958 e. The maximum absolute atomic E-state index is 3.94. The predicted molar refractivity (Wildman–Crippen MR) is 57.2 cm³/mol. The summed E-state index contributed by atoms with van der Waals surface area (Å²) in [6.45, 7) is 16.7. The Morgan fingerprint density at radius 2 is 1.08 bits per heavy atom. The second-order valence-electron chi connectivity index (χ2n) is 3.66. The number of allylic oxidation sites excluding steroid dienone is 5. The van der Waals surface area contributed by atoms with E-state index >= 15 is 0 Å². The van der Waals surface area contributed by atoms with Gasteiger partial charge >= 0.3 is 0 Å². The van der Waals surface area contributed by atoms with Crippen molar-refractivity contribution in [2.24, 2.45) is 0 Å². The Bertz CT molecular complexity index is 245. The smallest absolute Gasteiger partial charge is 0.0392 e. The van der Waals surface area contributed by atoms with Gasteiger partial charge in [0.2, 0.25) is 0 Å². The van der Waals surface area contributed by atoms with Crippen LogP contribution in [0.15, 0.2) is 34.4 Å². The summed E-state index contributed by atoms with van der Waals surface area (Å²) in [5.74, 6) is 0. The average Bonchev–Trinajstić information content (AvgIpc) is 2.00. The molecule has 0 heterocycles. The fraction of sp³-hybridized carbons (Fsp3) is 0.500. The van der Waals surface area contributed by atoms with E-state index in [2.05, 4.69) is 48.1 Å². The van der Waals surface area contributed by atoms with Crippen molar-refractivity contribution in [3.05, 3.63) is 34.4 Å². The molecule has 0 nitrogen and oxygen atoms in total. The molecule has 0 rings (SSSR count). The van der Waals surface area contributed by atoms with Gasteiger partial charge in [-0.25, -0.2) is 0 Å². The summed E-state index contributed by atoms with van der Waals surface area (Å²) in [7, 11) is 0. The first-order chi connectivity index (χ1) is 5.37. The molecule has 0 spiro atoms. The Hall–Kier alpha value is -0.780. The van der Waals surface area contributed by atoms with E-state index in [1.54, 1.807) is 0 Å². The van der Waals surface area contributed by atoms with E-state index < -0.39 is 0 Å². The van der Waals surface area contributed by atoms with Crippen LogP contribution in [-0.2, 0) is 0 Å². The zero-order chi connectivity index (χ0) is 9.89. The van der Waals surface area contributed by atoms with Crippen LogP contribution in [0.1, 0.15) is 41.5 Å². The second kappa shape index (κ2) is 4.30. The minimum absolute atomic E-state index is 1.16. The van der Waals surface area contributed by atoms with Crippen molar-refractivity contribution >= 4 is 0 Å². The maximum Gasteiger partial charge on any atom is -0.0392 e. The van der Waals surface area contributed by atoms with Crippen LogP contribution in [0.4, 0.5) is 0 Å². The molecule has 0 aromatic rings. The molecule has 0 amide bonds. The molecule has 0 aromatic heterocycles. The van der Waals surface area contributed by atoms with E-state index in [0.717, 1.165) is 5.57 Å². The van der Waals surface area contributed by atoms with Gasteiger partial charge in [-0.05, 0) is 58.3 Å². The normalized spacial score (nSPS) is 12.2. The molecule has 0 aliphatic rings. The topological polar surface area (TPSA) is 0 Å². The van der Waals surface area contributed by atoms with Crippen LogP contribution < -0.4 is 0 Å². The van der Waals surface area contributed by atoms with Gasteiger partial charge in [-0.3, -0.25) is 0 Å². The summed E-state index contributed by atoms with van der Waals surface area (Å²) in [5, 5.41) is 0. The van der Waals surface area contributed by atoms with Crippen LogP contribution in [0.3, 0.4) is 0 Å². The number of hydrogen-bond acceptors (Lipinski definition) is 0. The molecular formula is C12H20. The van der Waals surface area contributed by atoms with Gasteiger partial charge in [0.15, 0.2) is 0 Å². The molecule has 68 valence electrons. The summed E-state index contributed by atoms with van der Waals surface area (Å²) in [6.07, 6.45) is 0. The van der Waals surface area contributed by atoms with Gasteiger partial charge in [-0.1, -0.05) is 17.7 Å². The van der Waals surface area contributed by atoms with Gasteiger partial charge in [0, 0.05) is 0 Å². The predicted octanol–water partition coefficient (Wildman–Crippen LogP) is 4.26. The Balaban J connectivity index is 5.06. The lowest BCUT2D eigenvalue weighted by Crippen LogP contribution is -1.89. The molecule has 0 aliphatic heterocycles. The lowest BCUT2D eigenvalue weighted by Gasteiger charge is -2.09. The molecule has 0 unspecified atom stereocenters. The Morgan fingerprint density at radius 1 is 0.667 bits per heavy atom. The monoisotopic (exact) mass is 164 g/mol. The standard InChI is InChI=1S/C12H20/c1-8(2)10(5)12(7)11(6)9(3)4/h1H2,2-7H3/b12-10+. The highest BCUT2D eigenvalue weighted by Crippen LogP contribution is 2.20. The summed E-state index contributed by atoms with van der Waals surface area (Å²) in [5.41, 5.74) is 6.60. The summed E-state index contributed by atoms with van der Waals surface area (Å²) < 4.78 is 0. The first-order valence-corrected chi connectivity index (χ1v) is 4.35. The van der Waals surface area contributed by atoms with Crippen LogP contribution in [0.25, 0.3) is 0 Å². The van der Waals surface area contributed by atoms with Crippen LogP contribution in [0.5, 0.6) is 0 Å². The first kappa shape index (κ1) is 11.2. The number of rotatable bonds is 2. The third kappa shape index (κ3) is 2.69. The highest BCUT2D eigenvalue weighted by Gasteiger charge is 2.00. The van der Waals surface area contributed by atoms with E-state index in [9.17, 15) is 0 Å². The Kier molecular flexibility index (Phi) is 4.02. The van der Waals surface area contributed by atoms with Crippen LogP contribution in [-0.4, -0.2) is 0 Å². The molecule has 0 fully saturated rings. The molecule has 12 heavy (non-hydrogen) atoms. The summed E-state index contributed by atoms with van der Waals surface area (Å²) in [4.78, 5) is 0. The number of hydrogen-bond donors (Lipinski definition) is 0. The van der Waals surface area contributed by atoms with Crippen molar-refractivity contribution in [3.8, 4) is 0 Å². The molecule has 0 saturated heterocycles. The quantitative estimate of drug-likeness (QED) is 0.535. The molecule has 0 radical (unpaired) electrons. The van der Waals surface area contributed by atoms with E-state index in [0.29, 0.717) is 0 Å². The van der Waals surface area contributed by atoms with Crippen LogP contribution in [0, 0.1) is 0 Å². The second-order valence-corrected chi connectivity index (χ2v) is 3.66. The first-order valence-electron chi connectivity index (χ1n) is 4.35. The Labute approximate surface area is 76.7 Å². The molecule has 0 atom stereocenters. The molecule has 0 aliphatic carbocycles. The third-order valence-electron chi connectivity index (χ3n) is 2.52. The van der Waals surface area contributed by atoms with E-state index in [1.165, 1.54) is 22.3 Å². The van der Waals surface area contributed by atoms with Gasteiger partial charge in [0.25, 0.3) is 0 Å². The lowest BCUT2D eigenvalue weighted by molar-refractivity contribution is 1.17. The van der Waals surface area contributed by atoms with E-state index in [1.807, 2.05) is 0 Å². The highest BCUT2D eigenvalue weighted by molar-refractivity contribution is 5.41. The van der Waals surface area contributed by atoms with Gasteiger partial charge in [0.05, 0.1) is 0 Å². The van der Waals surface area contributed by atoms with Gasteiger partial charge in [-0.15, -0.1) is 0 Å². The molecule has 0 saturated carbocycles. The van der Waals surface area contributed by atoms with Gasteiger partial charge < -0.3 is 0 Å². The Morgan fingerprint density at radius 3 is 1.33 bits per heavy atom. The zero-order valence-electron chi connectivity index (χ0n) is 9.21. The van der Waals surface area contributed by atoms with Gasteiger partial charge in [-0.2, -0.15) is 0 Å². The molecule has 0 heteroatoms. The van der Waals surface area contributed by atoms with Gasteiger partial charge in [0.1, 0.15) is 0 Å². The molecule has 0 aromatic carbocycles. The fourth-order valence-electron chi connectivity index (χ4n) is 0.976. The van der Waals surface area contributed by atoms with Crippen molar-refractivity contribution in [2.75, 3.05) is 0 Å². The highest BCUT2D eigenvalue weighted by atomic mass is 14.1. The molecular weight excluding hydrogens is 144 g/mol. The maximum atomic E-state index is 3.94. The SMILES string of the molecule is C=C(C)/C(C)=C(\C)C(C)=C(C)C. The van der Waals surface area contributed by atoms with Crippen molar-refractivity contribution in [1.29, 1.82) is 0 Å². The summed E-state index contributed by atoms with van der Waals surface area (Å²) in [6, 6.07) is 0. The van der Waals surface area contributed by atoms with Crippen LogP contribution >= 0.6 is 0 Å². The fourth-order valence-corrected chi connectivity index (χ4v) is 0.976. The van der Waals surface area contributed by atoms with Crippen molar-refractivity contribution < 1.29 is 0 Å². The minimum atomic E-state index is 1.16. The van der Waals surface area contributed by atoms with Crippen molar-refractivity contribution in [2.45, 2.75) is 41.5 Å². The lowest BCUT2D eigenvalue weighted by atomic mass is 9.97. The van der Waals surface area contributed by atoms with Crippen LogP contribution in [0.2, 0.25) is 0 Å². The summed E-state index contributed by atoms with van der Waals surface area (Å²) >= 11 is 0. The largest absolute Gasteiger partial charge is 0.0958 e. The van der Waals surface area contributed by atoms with E-state index in [-0.39, 0.29) is 0 Å². The zero-order valence-corrected chi connectivity index (χ0v) is 9.21. The van der Waals surface area contributed by atoms with E-state index in [4.69, 9.17) is 0 Å². The molecule has 0 N–H and O–H groups in total.